The average Bonchev–Trinajstić information content (AvgIpc) is 3.16. The van der Waals surface area contributed by atoms with Crippen LogP contribution < -0.4 is 5.32 Å². The molecule has 0 saturated heterocycles. The summed E-state index contributed by atoms with van der Waals surface area (Å²) >= 11 is 0. The van der Waals surface area contributed by atoms with E-state index in [0.717, 1.165) is 45.9 Å². The molecule has 0 radical (unpaired) electrons. The molecule has 0 aromatic carbocycles. The largest absolute Gasteiger partial charge is 0.505 e. The molecule has 0 heterocycles. The number of ether oxygens (including phenoxy) is 12. The fraction of sp³-hybridized carbons (Fsp3) is 0.947. The number of nitrogens with one attached hydrogen (secondary N) is 1. The zero-order valence-electron chi connectivity index (χ0n) is 38.2. The molecule has 0 aliphatic heterocycles. The Morgan fingerprint density at radius 1 is 0.558 bits per heavy atom. The summed E-state index contributed by atoms with van der Waals surface area (Å²) in [6.45, 7) is 19.6. The molecule has 0 unspecified atom stereocenters. The molecule has 0 rings (SSSR count). The third-order valence-electron chi connectivity index (χ3n) is 4.73. The van der Waals surface area contributed by atoms with Crippen molar-refractivity contribution in [3.8, 4) is 0 Å². The van der Waals surface area contributed by atoms with Crippen LogP contribution in [0.5, 0.6) is 0 Å². The summed E-state index contributed by atoms with van der Waals surface area (Å²) in [5, 5.41) is 2.94. The van der Waals surface area contributed by atoms with Crippen molar-refractivity contribution in [3.63, 3.8) is 0 Å². The molecule has 0 aromatic rings. The highest BCUT2D eigenvalue weighted by molar-refractivity contribution is 4.63. The zero-order chi connectivity index (χ0) is 42.4. The van der Waals surface area contributed by atoms with Crippen LogP contribution >= 0.6 is 0 Å². The number of rotatable bonds is 22. The summed E-state index contributed by atoms with van der Waals surface area (Å²) in [7, 11) is 24.0. The molecule has 0 fully saturated rings. The van der Waals surface area contributed by atoms with Crippen molar-refractivity contribution in [1.82, 2.24) is 10.2 Å². The van der Waals surface area contributed by atoms with E-state index in [0.29, 0.717) is 26.8 Å². The van der Waals surface area contributed by atoms with E-state index < -0.39 is 0 Å². The number of unbranched alkanes of at least 4 members (excludes halogenated alkanes) is 3. The highest BCUT2D eigenvalue weighted by Crippen LogP contribution is 1.95. The van der Waals surface area contributed by atoms with Crippen molar-refractivity contribution in [1.29, 1.82) is 0 Å². The van der Waals surface area contributed by atoms with E-state index >= 15 is 0 Å². The Hall–Kier alpha value is -0.980. The smallest absolute Gasteiger partial charge is 0.154 e. The standard InChI is InChI=1S/C6H14.C5H13NO.C4H11NO.3C4H10O2.C4H10O.C4H8O.C3H8O2/c1-3-5-6-4-2;1-6(2)4-5-7-3;2*1-5-3-4-6-2;1-4(5-2)6-3;1-3-6-4-5-2;2*1-3-4-5-2;1-4-3-5-2/h3-6H2,1-2H3;4-5H2,1-3H3;5H,3-4H2,1-2H3;3-4H2,1-2H3;4H,1-3H3;3-4H2,1-2H3;3-4H2,1-2H3;3-4H,1-2H3;3H2,1-2H3/b;;;;;;;4-3-;. The van der Waals surface area contributed by atoms with Crippen LogP contribution in [0.2, 0.25) is 0 Å². The number of methoxy groups -OCH3 is 11. The number of nitrogens with zero attached hydrogens (tertiary/aromatic N) is 1. The summed E-state index contributed by atoms with van der Waals surface area (Å²) in [6, 6.07) is 0. The number of likely N-dealkylation sites (N-methyl/N-ethyl adjacent to an activating group) is 2. The topological polar surface area (TPSA) is 126 Å². The lowest BCUT2D eigenvalue weighted by atomic mass is 10.2. The van der Waals surface area contributed by atoms with Gasteiger partial charge in [-0.2, -0.15) is 0 Å². The molecule has 14 nitrogen and oxygen atoms in total. The summed E-state index contributed by atoms with van der Waals surface area (Å²) in [4.78, 5) is 2.09. The highest BCUT2D eigenvalue weighted by Gasteiger charge is 1.88. The first-order valence-corrected chi connectivity index (χ1v) is 18.0. The van der Waals surface area contributed by atoms with Crippen molar-refractivity contribution in [2.75, 3.05) is 166 Å². The molecule has 328 valence electrons. The Morgan fingerprint density at radius 3 is 1.08 bits per heavy atom. The fourth-order valence-electron chi connectivity index (χ4n) is 1.87. The van der Waals surface area contributed by atoms with Crippen molar-refractivity contribution < 1.29 is 56.8 Å². The molecular weight excluding hydrogens is 676 g/mol. The highest BCUT2D eigenvalue weighted by atomic mass is 16.7. The van der Waals surface area contributed by atoms with Gasteiger partial charge in [0.2, 0.25) is 0 Å². The van der Waals surface area contributed by atoms with Crippen molar-refractivity contribution >= 4 is 0 Å². The normalized spacial score (nSPS) is 9.19. The van der Waals surface area contributed by atoms with Crippen LogP contribution in [-0.4, -0.2) is 177 Å². The van der Waals surface area contributed by atoms with E-state index in [1.807, 2.05) is 48.0 Å². The predicted octanol–water partition coefficient (Wildman–Crippen LogP) is 6.61. The summed E-state index contributed by atoms with van der Waals surface area (Å²) < 4.78 is 55.7. The van der Waals surface area contributed by atoms with Crippen LogP contribution in [0.15, 0.2) is 12.3 Å². The molecule has 0 aromatic heterocycles. The Morgan fingerprint density at radius 2 is 0.981 bits per heavy atom. The van der Waals surface area contributed by atoms with E-state index in [1.165, 1.54) is 25.7 Å². The van der Waals surface area contributed by atoms with Gasteiger partial charge in [0.1, 0.15) is 13.6 Å². The molecule has 52 heavy (non-hydrogen) atoms. The Bertz CT molecular complexity index is 396. The molecule has 14 heteroatoms. The molecule has 0 amide bonds. The van der Waals surface area contributed by atoms with Gasteiger partial charge in [0.15, 0.2) is 6.29 Å². The second-order valence-corrected chi connectivity index (χ2v) is 9.92. The van der Waals surface area contributed by atoms with Gasteiger partial charge in [0, 0.05) is 97.4 Å². The SMILES string of the molecule is C/C=C\OC.CCCCCC.CCCOC.CCOCOC.CNCCOC.COC(C)OC.COCCN(C)C.COCCOC.COCOC. The van der Waals surface area contributed by atoms with Crippen molar-refractivity contribution in [3.05, 3.63) is 12.3 Å². The van der Waals surface area contributed by atoms with E-state index in [2.05, 4.69) is 68.9 Å². The van der Waals surface area contributed by atoms with Crippen LogP contribution in [0.1, 0.15) is 73.6 Å². The maximum Gasteiger partial charge on any atom is 0.154 e. The summed E-state index contributed by atoms with van der Waals surface area (Å²) in [5.41, 5.74) is 0. The lowest BCUT2D eigenvalue weighted by Gasteiger charge is -2.06. The molecule has 0 saturated carbocycles. The zero-order valence-corrected chi connectivity index (χ0v) is 38.2. The van der Waals surface area contributed by atoms with Gasteiger partial charge in [-0.3, -0.25) is 0 Å². The maximum atomic E-state index is 4.81. The first kappa shape index (κ1) is 72.3. The van der Waals surface area contributed by atoms with Crippen LogP contribution in [0, 0.1) is 0 Å². The Kier molecular flexibility index (Phi) is 136. The van der Waals surface area contributed by atoms with Gasteiger partial charge >= 0.3 is 0 Å². The van der Waals surface area contributed by atoms with Crippen LogP contribution in [0.4, 0.5) is 0 Å². The Balaban J connectivity index is -0.0000000573. The van der Waals surface area contributed by atoms with Gasteiger partial charge in [-0.05, 0) is 48.3 Å². The quantitative estimate of drug-likeness (QED) is 0.0721. The molecule has 0 aliphatic rings. The second-order valence-electron chi connectivity index (χ2n) is 9.92. The van der Waals surface area contributed by atoms with E-state index in [4.69, 9.17) is 18.9 Å². The number of hydrogen-bond acceptors (Lipinski definition) is 14. The van der Waals surface area contributed by atoms with Gasteiger partial charge in [-0.15, -0.1) is 0 Å². The lowest BCUT2D eigenvalue weighted by Crippen LogP contribution is -2.16. The minimum atomic E-state index is -0.0648. The Labute approximate surface area is 324 Å². The fourth-order valence-corrected chi connectivity index (χ4v) is 1.87. The third-order valence-corrected chi connectivity index (χ3v) is 4.73. The van der Waals surface area contributed by atoms with Crippen LogP contribution in [0.25, 0.3) is 0 Å². The van der Waals surface area contributed by atoms with Crippen LogP contribution in [0.3, 0.4) is 0 Å². The molecule has 1 N–H and O–H groups in total. The molecule has 0 bridgehead atoms. The van der Waals surface area contributed by atoms with Crippen LogP contribution in [-0.2, 0) is 56.8 Å². The van der Waals surface area contributed by atoms with Gasteiger partial charge < -0.3 is 67.1 Å². The van der Waals surface area contributed by atoms with Gasteiger partial charge in [-0.25, -0.2) is 0 Å². The summed E-state index contributed by atoms with van der Waals surface area (Å²) in [5.74, 6) is 0. The monoisotopic (exact) mass is 771 g/mol. The molecule has 0 spiro atoms. The number of hydrogen-bond donors (Lipinski definition) is 1. The van der Waals surface area contributed by atoms with E-state index in [1.54, 1.807) is 84.5 Å². The molecular formula is C38H94N2O12. The first-order chi connectivity index (χ1) is 25.0. The van der Waals surface area contributed by atoms with Crippen molar-refractivity contribution in [2.24, 2.45) is 0 Å². The van der Waals surface area contributed by atoms with Gasteiger partial charge in [-0.1, -0.05) is 52.5 Å². The second kappa shape index (κ2) is 98.0. The minimum Gasteiger partial charge on any atom is -0.505 e. The van der Waals surface area contributed by atoms with Crippen molar-refractivity contribution in [2.45, 2.75) is 79.9 Å². The molecule has 0 atom stereocenters. The lowest BCUT2D eigenvalue weighted by molar-refractivity contribution is -0.0877. The van der Waals surface area contributed by atoms with E-state index in [9.17, 15) is 0 Å². The van der Waals surface area contributed by atoms with E-state index in [-0.39, 0.29) is 6.29 Å². The third kappa shape index (κ3) is 181. The summed E-state index contributed by atoms with van der Waals surface area (Å²) in [6.07, 6.45) is 10.1. The first-order valence-electron chi connectivity index (χ1n) is 18.0. The van der Waals surface area contributed by atoms with Gasteiger partial charge in [0.25, 0.3) is 0 Å². The molecule has 0 aliphatic carbocycles. The average molecular weight is 771 g/mol. The minimum absolute atomic E-state index is 0.0648. The predicted molar refractivity (Wildman–Crippen MR) is 220 cm³/mol. The van der Waals surface area contributed by atoms with Gasteiger partial charge in [0.05, 0.1) is 39.8 Å². The number of allylic oxidation sites excluding steroid dienone is 1. The maximum absolute atomic E-state index is 4.81.